The van der Waals surface area contributed by atoms with E-state index < -0.39 is 0 Å². The van der Waals surface area contributed by atoms with Crippen LogP contribution in [0.4, 0.5) is 0 Å². The van der Waals surface area contributed by atoms with E-state index in [0.717, 1.165) is 37.7 Å². The number of fused-ring (bicyclic) bond motifs is 1. The second-order valence-corrected chi connectivity index (χ2v) is 7.18. The molecule has 0 saturated carbocycles. The highest BCUT2D eigenvalue weighted by molar-refractivity contribution is 5.81. The molecule has 6 nitrogen and oxygen atoms in total. The van der Waals surface area contributed by atoms with Crippen LogP contribution >= 0.6 is 0 Å². The molecular weight excluding hydrogens is 316 g/mol. The fourth-order valence-electron chi connectivity index (χ4n) is 4.38. The van der Waals surface area contributed by atoms with Crippen molar-refractivity contribution in [3.63, 3.8) is 0 Å². The van der Waals surface area contributed by atoms with Crippen LogP contribution in [0.5, 0.6) is 0 Å². The van der Waals surface area contributed by atoms with Crippen molar-refractivity contribution in [2.24, 2.45) is 0 Å². The maximum atomic E-state index is 12.9. The average Bonchev–Trinajstić information content (AvgIpc) is 3.26. The van der Waals surface area contributed by atoms with Gasteiger partial charge in [0.2, 0.25) is 5.91 Å². The summed E-state index contributed by atoms with van der Waals surface area (Å²) in [6.45, 7) is 1.92. The molecule has 0 bridgehead atoms. The highest BCUT2D eigenvalue weighted by atomic mass is 16.2. The third kappa shape index (κ3) is 2.95. The lowest BCUT2D eigenvalue weighted by Gasteiger charge is -2.33. The second-order valence-electron chi connectivity index (χ2n) is 7.18. The van der Waals surface area contributed by atoms with E-state index in [4.69, 9.17) is 0 Å². The molecule has 4 rings (SSSR count). The molecule has 0 N–H and O–H groups in total. The molecule has 0 unspecified atom stereocenters. The number of aromatic nitrogens is 2. The summed E-state index contributed by atoms with van der Waals surface area (Å²) < 4.78 is 1.30. The zero-order valence-electron chi connectivity index (χ0n) is 14.6. The monoisotopic (exact) mass is 340 g/mol. The number of likely N-dealkylation sites (N-methyl/N-ethyl adjacent to an activating group) is 1. The minimum Gasteiger partial charge on any atom is -0.337 e. The van der Waals surface area contributed by atoms with Gasteiger partial charge in [0, 0.05) is 24.0 Å². The Hall–Kier alpha value is -2.21. The predicted molar refractivity (Wildman–Crippen MR) is 96.4 cm³/mol. The number of likely N-dealkylation sites (tertiary alicyclic amines) is 2. The molecule has 2 fully saturated rings. The van der Waals surface area contributed by atoms with Gasteiger partial charge in [-0.2, -0.15) is 5.10 Å². The largest absolute Gasteiger partial charge is 0.337 e. The zero-order chi connectivity index (χ0) is 17.4. The first-order valence-corrected chi connectivity index (χ1v) is 9.10. The first-order chi connectivity index (χ1) is 12.1. The molecular formula is C19H24N4O2. The van der Waals surface area contributed by atoms with Gasteiger partial charge in [-0.3, -0.25) is 9.59 Å². The highest BCUT2D eigenvalue weighted by Gasteiger charge is 2.38. The van der Waals surface area contributed by atoms with Crippen LogP contribution in [-0.4, -0.2) is 57.7 Å². The molecule has 2 saturated heterocycles. The topological polar surface area (TPSA) is 58.4 Å². The van der Waals surface area contributed by atoms with Gasteiger partial charge in [-0.05, 0) is 45.3 Å². The third-order valence-electron chi connectivity index (χ3n) is 5.69. The van der Waals surface area contributed by atoms with Crippen molar-refractivity contribution in [3.05, 3.63) is 40.8 Å². The molecule has 0 aliphatic carbocycles. The second kappa shape index (κ2) is 6.59. The fraction of sp³-hybridized carbons (Fsp3) is 0.526. The van der Waals surface area contributed by atoms with E-state index in [1.54, 1.807) is 12.3 Å². The van der Waals surface area contributed by atoms with Gasteiger partial charge >= 0.3 is 0 Å². The van der Waals surface area contributed by atoms with Crippen molar-refractivity contribution in [1.82, 2.24) is 19.6 Å². The lowest BCUT2D eigenvalue weighted by Crippen LogP contribution is -2.48. The maximum Gasteiger partial charge on any atom is 0.275 e. The Morgan fingerprint density at radius 2 is 1.92 bits per heavy atom. The van der Waals surface area contributed by atoms with Crippen molar-refractivity contribution >= 4 is 16.7 Å². The van der Waals surface area contributed by atoms with Crippen molar-refractivity contribution in [2.45, 2.75) is 44.3 Å². The van der Waals surface area contributed by atoms with Crippen LogP contribution in [0.2, 0.25) is 0 Å². The smallest absolute Gasteiger partial charge is 0.275 e. The molecule has 1 aromatic carbocycles. The first kappa shape index (κ1) is 16.3. The molecule has 132 valence electrons. The van der Waals surface area contributed by atoms with Crippen molar-refractivity contribution < 1.29 is 4.79 Å². The van der Waals surface area contributed by atoms with Crippen molar-refractivity contribution in [1.29, 1.82) is 0 Å². The molecule has 25 heavy (non-hydrogen) atoms. The van der Waals surface area contributed by atoms with E-state index in [1.165, 1.54) is 11.1 Å². The van der Waals surface area contributed by atoms with Gasteiger partial charge in [-0.15, -0.1) is 0 Å². The minimum atomic E-state index is -0.194. The number of carbonyl (C=O) groups excluding carboxylic acids is 1. The lowest BCUT2D eigenvalue weighted by molar-refractivity contribution is -0.133. The normalized spacial score (nSPS) is 24.3. The van der Waals surface area contributed by atoms with Crippen molar-refractivity contribution in [2.75, 3.05) is 20.1 Å². The van der Waals surface area contributed by atoms with E-state index in [-0.39, 0.29) is 24.1 Å². The van der Waals surface area contributed by atoms with E-state index >= 15 is 0 Å². The lowest BCUT2D eigenvalue weighted by atomic mass is 10.0. The number of hydrogen-bond acceptors (Lipinski definition) is 4. The summed E-state index contributed by atoms with van der Waals surface area (Å²) in [6.07, 6.45) is 6.11. The molecule has 0 spiro atoms. The van der Waals surface area contributed by atoms with E-state index in [1.807, 2.05) is 23.1 Å². The average molecular weight is 340 g/mol. The number of benzene rings is 1. The fourth-order valence-corrected chi connectivity index (χ4v) is 4.38. The van der Waals surface area contributed by atoms with Crippen molar-refractivity contribution in [3.8, 4) is 0 Å². The Bertz CT molecular complexity index is 847. The minimum absolute atomic E-state index is 0.00711. The van der Waals surface area contributed by atoms with E-state index in [2.05, 4.69) is 17.0 Å². The zero-order valence-corrected chi connectivity index (χ0v) is 14.6. The van der Waals surface area contributed by atoms with Crippen LogP contribution < -0.4 is 5.56 Å². The SMILES string of the molecule is CN1CCC[C@H]1[C@H]1CCCN1C(=O)Cn1ncc2ccccc2c1=O. The van der Waals surface area contributed by atoms with Gasteiger partial charge in [0.25, 0.3) is 5.56 Å². The number of carbonyl (C=O) groups is 1. The number of rotatable bonds is 3. The molecule has 2 aliphatic heterocycles. The Labute approximate surface area is 147 Å². The Kier molecular flexibility index (Phi) is 4.29. The van der Waals surface area contributed by atoms with Gasteiger partial charge in [0.1, 0.15) is 6.54 Å². The molecule has 2 aromatic rings. The van der Waals surface area contributed by atoms with Crippen LogP contribution in [0.3, 0.4) is 0 Å². The molecule has 6 heteroatoms. The van der Waals surface area contributed by atoms with Crippen LogP contribution in [0.1, 0.15) is 25.7 Å². The summed E-state index contributed by atoms with van der Waals surface area (Å²) in [5.74, 6) is 0.00711. The van der Waals surface area contributed by atoms with Gasteiger partial charge in [-0.1, -0.05) is 18.2 Å². The van der Waals surface area contributed by atoms with Crippen LogP contribution in [-0.2, 0) is 11.3 Å². The van der Waals surface area contributed by atoms with Crippen LogP contribution in [0.25, 0.3) is 10.8 Å². The third-order valence-corrected chi connectivity index (χ3v) is 5.69. The van der Waals surface area contributed by atoms with Crippen LogP contribution in [0.15, 0.2) is 35.3 Å². The number of nitrogens with zero attached hydrogens (tertiary/aromatic N) is 4. The highest BCUT2D eigenvalue weighted by Crippen LogP contribution is 2.29. The molecule has 1 aromatic heterocycles. The standard InChI is InChI=1S/C19H24N4O2/c1-21-10-4-8-16(21)17-9-5-11-22(17)18(24)13-23-19(25)15-7-3-2-6-14(15)12-20-23/h2-3,6-7,12,16-17H,4-5,8-11,13H2,1H3/t16-,17+/m0/s1. The Morgan fingerprint density at radius 1 is 1.16 bits per heavy atom. The number of hydrogen-bond donors (Lipinski definition) is 0. The summed E-state index contributed by atoms with van der Waals surface area (Å²) in [5, 5.41) is 5.62. The molecule has 3 heterocycles. The molecule has 1 amide bonds. The van der Waals surface area contributed by atoms with Crippen LogP contribution in [0, 0.1) is 0 Å². The first-order valence-electron chi connectivity index (χ1n) is 9.10. The Balaban J connectivity index is 1.55. The van der Waals surface area contributed by atoms with Gasteiger partial charge < -0.3 is 9.80 Å². The summed E-state index contributed by atoms with van der Waals surface area (Å²) in [4.78, 5) is 29.8. The van der Waals surface area contributed by atoms with Gasteiger partial charge in [-0.25, -0.2) is 4.68 Å². The van der Waals surface area contributed by atoms with Gasteiger partial charge in [0.05, 0.1) is 11.6 Å². The summed E-state index contributed by atoms with van der Waals surface area (Å²) in [5.41, 5.74) is -0.194. The summed E-state index contributed by atoms with van der Waals surface area (Å²) in [6, 6.07) is 8.09. The Morgan fingerprint density at radius 3 is 2.72 bits per heavy atom. The maximum absolute atomic E-state index is 12.9. The molecule has 2 aliphatic rings. The summed E-state index contributed by atoms with van der Waals surface area (Å²) >= 11 is 0. The van der Waals surface area contributed by atoms with E-state index in [9.17, 15) is 9.59 Å². The van der Waals surface area contributed by atoms with Gasteiger partial charge in [0.15, 0.2) is 0 Å². The quantitative estimate of drug-likeness (QED) is 0.849. The van der Waals surface area contributed by atoms with E-state index in [0.29, 0.717) is 11.4 Å². The number of amides is 1. The molecule has 2 atom stereocenters. The summed E-state index contributed by atoms with van der Waals surface area (Å²) in [7, 11) is 2.15. The predicted octanol–water partition coefficient (Wildman–Crippen LogP) is 1.48. The molecule has 0 radical (unpaired) electrons.